The van der Waals surface area contributed by atoms with Crippen LogP contribution >= 0.6 is 0 Å². The van der Waals surface area contributed by atoms with E-state index in [1.54, 1.807) is 0 Å². The van der Waals surface area contributed by atoms with Gasteiger partial charge in [-0.05, 0) is 13.3 Å². The lowest BCUT2D eigenvalue weighted by Gasteiger charge is -2.16. The topological polar surface area (TPSA) is 27.6 Å². The summed E-state index contributed by atoms with van der Waals surface area (Å²) in [6, 6.07) is 0. The number of rotatable bonds is 16. The highest BCUT2D eigenvalue weighted by molar-refractivity contribution is 5.79. The summed E-state index contributed by atoms with van der Waals surface area (Å²) in [5.74, 6) is 1.02. The second-order valence-corrected chi connectivity index (χ2v) is 7.23. The molecule has 0 atom stereocenters. The molecule has 0 aromatic heterocycles. The molecule has 24 heavy (non-hydrogen) atoms. The summed E-state index contributed by atoms with van der Waals surface area (Å²) in [6.07, 6.45) is 19.7. The van der Waals surface area contributed by atoms with E-state index in [0.29, 0.717) is 0 Å². The van der Waals surface area contributed by atoms with Gasteiger partial charge in [-0.25, -0.2) is 0 Å². The van der Waals surface area contributed by atoms with Crippen molar-refractivity contribution in [1.82, 2.24) is 10.2 Å². The van der Waals surface area contributed by atoms with Gasteiger partial charge in [-0.2, -0.15) is 0 Å². The van der Waals surface area contributed by atoms with Gasteiger partial charge in [0.2, 0.25) is 0 Å². The van der Waals surface area contributed by atoms with E-state index < -0.39 is 0 Å². The number of nitrogens with one attached hydrogen (secondary N) is 1. The van der Waals surface area contributed by atoms with Crippen LogP contribution in [0.15, 0.2) is 4.99 Å². The molecule has 3 nitrogen and oxygen atoms in total. The maximum Gasteiger partial charge on any atom is 0.193 e. The van der Waals surface area contributed by atoms with Crippen molar-refractivity contribution < 1.29 is 0 Å². The van der Waals surface area contributed by atoms with Crippen molar-refractivity contribution in [2.45, 2.75) is 104 Å². The number of aliphatic imine (C=N–C) groups is 1. The molecule has 0 rings (SSSR count). The molecule has 0 fully saturated rings. The fraction of sp³-hybridized carbons (Fsp3) is 0.952. The monoisotopic (exact) mass is 339 g/mol. The highest BCUT2D eigenvalue weighted by atomic mass is 15.3. The number of nitrogens with zero attached hydrogens (tertiary/aromatic N) is 2. The first-order valence-corrected chi connectivity index (χ1v) is 10.7. The molecular weight excluding hydrogens is 294 g/mol. The fourth-order valence-electron chi connectivity index (χ4n) is 3.00. The van der Waals surface area contributed by atoms with Crippen molar-refractivity contribution in [3.63, 3.8) is 0 Å². The highest BCUT2D eigenvalue weighted by Crippen LogP contribution is 2.12. The van der Waals surface area contributed by atoms with Crippen molar-refractivity contribution >= 4 is 5.96 Å². The number of hydrogen-bond donors (Lipinski definition) is 1. The van der Waals surface area contributed by atoms with Crippen molar-refractivity contribution in [3.8, 4) is 0 Å². The van der Waals surface area contributed by atoms with Crippen molar-refractivity contribution in [2.75, 3.05) is 27.2 Å². The van der Waals surface area contributed by atoms with Gasteiger partial charge in [-0.1, -0.05) is 90.4 Å². The maximum atomic E-state index is 4.64. The minimum atomic E-state index is 0.940. The Labute approximate surface area is 152 Å². The molecule has 0 aromatic carbocycles. The zero-order valence-electron chi connectivity index (χ0n) is 17.2. The van der Waals surface area contributed by atoms with Gasteiger partial charge in [-0.3, -0.25) is 4.99 Å². The molecule has 0 amide bonds. The molecular formula is C21H45N3. The van der Waals surface area contributed by atoms with Crippen LogP contribution in [0.4, 0.5) is 0 Å². The quantitative estimate of drug-likeness (QED) is 0.212. The predicted molar refractivity (Wildman–Crippen MR) is 110 cm³/mol. The van der Waals surface area contributed by atoms with Gasteiger partial charge < -0.3 is 10.2 Å². The third-order valence-corrected chi connectivity index (χ3v) is 4.53. The summed E-state index contributed by atoms with van der Waals surface area (Å²) >= 11 is 0. The SMILES string of the molecule is CCCCCCCCCCCCCCCCN=C(NCC)N(C)C. The van der Waals surface area contributed by atoms with Crippen molar-refractivity contribution in [1.29, 1.82) is 0 Å². The molecule has 0 aliphatic heterocycles. The highest BCUT2D eigenvalue weighted by Gasteiger charge is 1.98. The molecule has 0 aliphatic rings. The number of guanidine groups is 1. The summed E-state index contributed by atoms with van der Waals surface area (Å²) in [6.45, 7) is 6.30. The summed E-state index contributed by atoms with van der Waals surface area (Å²) < 4.78 is 0. The molecule has 0 bridgehead atoms. The normalized spacial score (nSPS) is 11.8. The Bertz CT molecular complexity index is 274. The lowest BCUT2D eigenvalue weighted by molar-refractivity contribution is 0.535. The van der Waals surface area contributed by atoms with E-state index in [1.807, 2.05) is 14.1 Å². The van der Waals surface area contributed by atoms with E-state index >= 15 is 0 Å². The number of unbranched alkanes of at least 4 members (excludes halogenated alkanes) is 13. The van der Waals surface area contributed by atoms with Crippen molar-refractivity contribution in [3.05, 3.63) is 0 Å². The predicted octanol–water partition coefficient (Wildman–Crippen LogP) is 5.99. The van der Waals surface area contributed by atoms with Crippen LogP contribution in [0.5, 0.6) is 0 Å². The molecule has 0 heterocycles. The maximum absolute atomic E-state index is 4.64. The van der Waals surface area contributed by atoms with Crippen LogP contribution < -0.4 is 5.32 Å². The largest absolute Gasteiger partial charge is 0.357 e. The Balaban J connectivity index is 3.26. The second-order valence-electron chi connectivity index (χ2n) is 7.23. The third kappa shape index (κ3) is 16.1. The smallest absolute Gasteiger partial charge is 0.193 e. The van der Waals surface area contributed by atoms with E-state index in [4.69, 9.17) is 0 Å². The van der Waals surface area contributed by atoms with Gasteiger partial charge in [0.25, 0.3) is 0 Å². The Kier molecular flexibility index (Phi) is 18.0. The van der Waals surface area contributed by atoms with Gasteiger partial charge in [0, 0.05) is 27.2 Å². The lowest BCUT2D eigenvalue weighted by atomic mass is 10.0. The van der Waals surface area contributed by atoms with Crippen LogP contribution in [0, 0.1) is 0 Å². The van der Waals surface area contributed by atoms with Crippen LogP contribution in [0.3, 0.4) is 0 Å². The molecule has 0 unspecified atom stereocenters. The average molecular weight is 340 g/mol. The Morgan fingerprint density at radius 3 is 1.46 bits per heavy atom. The molecule has 0 spiro atoms. The van der Waals surface area contributed by atoms with Crippen LogP contribution in [0.2, 0.25) is 0 Å². The average Bonchev–Trinajstić information content (AvgIpc) is 2.57. The van der Waals surface area contributed by atoms with Crippen LogP contribution in [0.1, 0.15) is 104 Å². The third-order valence-electron chi connectivity index (χ3n) is 4.53. The zero-order valence-corrected chi connectivity index (χ0v) is 17.2. The Morgan fingerprint density at radius 2 is 1.08 bits per heavy atom. The molecule has 0 radical (unpaired) electrons. The van der Waals surface area contributed by atoms with E-state index in [0.717, 1.165) is 19.0 Å². The first kappa shape index (κ1) is 23.3. The Hall–Kier alpha value is -0.730. The van der Waals surface area contributed by atoms with E-state index in [-0.39, 0.29) is 0 Å². The van der Waals surface area contributed by atoms with E-state index in [9.17, 15) is 0 Å². The van der Waals surface area contributed by atoms with Gasteiger partial charge in [-0.15, -0.1) is 0 Å². The molecule has 0 saturated heterocycles. The standard InChI is InChI=1S/C21H45N3/c1-5-7-8-9-10-11-12-13-14-15-16-17-18-19-20-23-21(22-6-2)24(3)4/h5-20H2,1-4H3,(H,22,23). The van der Waals surface area contributed by atoms with Crippen molar-refractivity contribution in [2.24, 2.45) is 4.99 Å². The molecule has 3 heteroatoms. The zero-order chi connectivity index (χ0) is 17.9. The summed E-state index contributed by atoms with van der Waals surface area (Å²) in [5, 5.41) is 3.31. The summed E-state index contributed by atoms with van der Waals surface area (Å²) in [5.41, 5.74) is 0. The van der Waals surface area contributed by atoms with Gasteiger partial charge >= 0.3 is 0 Å². The minimum Gasteiger partial charge on any atom is -0.357 e. The minimum absolute atomic E-state index is 0.940. The molecule has 0 saturated carbocycles. The van der Waals surface area contributed by atoms with E-state index in [2.05, 4.69) is 29.1 Å². The molecule has 144 valence electrons. The van der Waals surface area contributed by atoms with Crippen LogP contribution in [-0.4, -0.2) is 38.0 Å². The first-order valence-electron chi connectivity index (χ1n) is 10.7. The van der Waals surface area contributed by atoms with Crippen LogP contribution in [-0.2, 0) is 0 Å². The van der Waals surface area contributed by atoms with E-state index in [1.165, 1.54) is 89.9 Å². The summed E-state index contributed by atoms with van der Waals surface area (Å²) in [4.78, 5) is 6.70. The van der Waals surface area contributed by atoms with Crippen LogP contribution in [0.25, 0.3) is 0 Å². The second kappa shape index (κ2) is 18.6. The molecule has 1 N–H and O–H groups in total. The molecule has 0 aromatic rings. The lowest BCUT2D eigenvalue weighted by Crippen LogP contribution is -2.36. The van der Waals surface area contributed by atoms with Gasteiger partial charge in [0.1, 0.15) is 0 Å². The fourth-order valence-corrected chi connectivity index (χ4v) is 3.00. The first-order chi connectivity index (χ1) is 11.7. The molecule has 0 aliphatic carbocycles. The summed E-state index contributed by atoms with van der Waals surface area (Å²) in [7, 11) is 4.10. The van der Waals surface area contributed by atoms with Gasteiger partial charge in [0.15, 0.2) is 5.96 Å². The van der Waals surface area contributed by atoms with Gasteiger partial charge in [0.05, 0.1) is 0 Å². The Morgan fingerprint density at radius 1 is 0.667 bits per heavy atom. The number of hydrogen-bond acceptors (Lipinski definition) is 1.